The molecule has 0 aromatic heterocycles. The molecule has 3 N–H and O–H groups in total. The van der Waals surface area contributed by atoms with Gasteiger partial charge in [-0.1, -0.05) is 0 Å². The highest BCUT2D eigenvalue weighted by atomic mass is 16.5. The molecule has 0 saturated carbocycles. The minimum atomic E-state index is -0.639. The van der Waals surface area contributed by atoms with E-state index in [4.69, 9.17) is 10.5 Å². The molecule has 1 fully saturated rings. The summed E-state index contributed by atoms with van der Waals surface area (Å²) in [5, 5.41) is 9.76. The van der Waals surface area contributed by atoms with E-state index in [1.807, 2.05) is 13.8 Å². The Morgan fingerprint density at radius 2 is 2.23 bits per heavy atom. The Morgan fingerprint density at radius 1 is 1.54 bits per heavy atom. The molecule has 1 aliphatic rings. The molecule has 0 aromatic carbocycles. The molecule has 0 radical (unpaired) electrons. The minimum absolute atomic E-state index is 0.0104. The molecule has 1 atom stereocenters. The van der Waals surface area contributed by atoms with Crippen molar-refractivity contribution in [2.75, 3.05) is 19.8 Å². The SMILES string of the molecule is CC(C)(O)CC1(CN)CCCOC1. The third-order valence-electron chi connectivity index (χ3n) is 2.64. The summed E-state index contributed by atoms with van der Waals surface area (Å²) in [5.74, 6) is 0. The summed E-state index contributed by atoms with van der Waals surface area (Å²) < 4.78 is 5.43. The first-order chi connectivity index (χ1) is 5.97. The molecule has 1 unspecified atom stereocenters. The largest absolute Gasteiger partial charge is 0.390 e. The van der Waals surface area contributed by atoms with E-state index in [1.54, 1.807) is 0 Å². The van der Waals surface area contributed by atoms with Crippen LogP contribution < -0.4 is 5.73 Å². The maximum Gasteiger partial charge on any atom is 0.0598 e. The van der Waals surface area contributed by atoms with Crippen molar-refractivity contribution >= 4 is 0 Å². The molecular weight excluding hydrogens is 166 g/mol. The highest BCUT2D eigenvalue weighted by molar-refractivity contribution is 4.88. The van der Waals surface area contributed by atoms with Gasteiger partial charge < -0.3 is 15.6 Å². The molecule has 0 aromatic rings. The third kappa shape index (κ3) is 3.25. The molecule has 0 bridgehead atoms. The molecule has 1 heterocycles. The summed E-state index contributed by atoms with van der Waals surface area (Å²) in [6.07, 6.45) is 2.87. The first-order valence-corrected chi connectivity index (χ1v) is 4.98. The molecular formula is C10H21NO2. The van der Waals surface area contributed by atoms with E-state index in [2.05, 4.69) is 0 Å². The van der Waals surface area contributed by atoms with E-state index in [1.165, 1.54) is 0 Å². The Morgan fingerprint density at radius 3 is 2.62 bits per heavy atom. The Labute approximate surface area is 80.3 Å². The second kappa shape index (κ2) is 3.95. The number of hydrogen-bond acceptors (Lipinski definition) is 3. The molecule has 3 heteroatoms. The second-order valence-corrected chi connectivity index (χ2v) is 4.85. The fourth-order valence-corrected chi connectivity index (χ4v) is 2.20. The molecule has 0 aliphatic carbocycles. The summed E-state index contributed by atoms with van der Waals surface area (Å²) in [6, 6.07) is 0. The first-order valence-electron chi connectivity index (χ1n) is 4.98. The number of aliphatic hydroxyl groups is 1. The monoisotopic (exact) mass is 187 g/mol. The fourth-order valence-electron chi connectivity index (χ4n) is 2.20. The first kappa shape index (κ1) is 11.0. The van der Waals surface area contributed by atoms with Crippen LogP contribution >= 0.6 is 0 Å². The summed E-state index contributed by atoms with van der Waals surface area (Å²) in [4.78, 5) is 0. The number of nitrogens with two attached hydrogens (primary N) is 1. The van der Waals surface area contributed by atoms with Crippen LogP contribution in [0.25, 0.3) is 0 Å². The van der Waals surface area contributed by atoms with Gasteiger partial charge in [-0.25, -0.2) is 0 Å². The zero-order valence-corrected chi connectivity index (χ0v) is 8.68. The molecule has 0 amide bonds. The molecule has 78 valence electrons. The van der Waals surface area contributed by atoms with Gasteiger partial charge in [-0.2, -0.15) is 0 Å². The van der Waals surface area contributed by atoms with E-state index >= 15 is 0 Å². The lowest BCUT2D eigenvalue weighted by molar-refractivity contribution is -0.0539. The van der Waals surface area contributed by atoms with Crippen molar-refractivity contribution in [3.63, 3.8) is 0 Å². The van der Waals surface area contributed by atoms with Crippen LogP contribution in [0, 0.1) is 5.41 Å². The van der Waals surface area contributed by atoms with Crippen LogP contribution in [0.4, 0.5) is 0 Å². The zero-order chi connectivity index (χ0) is 9.95. The Bertz CT molecular complexity index is 157. The Hall–Kier alpha value is -0.120. The lowest BCUT2D eigenvalue weighted by Gasteiger charge is -2.39. The zero-order valence-electron chi connectivity index (χ0n) is 8.68. The summed E-state index contributed by atoms with van der Waals surface area (Å²) in [6.45, 7) is 5.82. The van der Waals surface area contributed by atoms with Crippen LogP contribution in [0.5, 0.6) is 0 Å². The topological polar surface area (TPSA) is 55.5 Å². The van der Waals surface area contributed by atoms with Gasteiger partial charge in [-0.15, -0.1) is 0 Å². The van der Waals surface area contributed by atoms with Crippen LogP contribution in [0.1, 0.15) is 33.1 Å². The van der Waals surface area contributed by atoms with Crippen LogP contribution in [0.2, 0.25) is 0 Å². The summed E-state index contributed by atoms with van der Waals surface area (Å²) in [5.41, 5.74) is 5.13. The highest BCUT2D eigenvalue weighted by Gasteiger charge is 2.36. The minimum Gasteiger partial charge on any atom is -0.390 e. The second-order valence-electron chi connectivity index (χ2n) is 4.85. The van der Waals surface area contributed by atoms with Crippen LogP contribution in [-0.4, -0.2) is 30.5 Å². The van der Waals surface area contributed by atoms with Gasteiger partial charge in [0.2, 0.25) is 0 Å². The van der Waals surface area contributed by atoms with Gasteiger partial charge in [0, 0.05) is 18.6 Å². The fraction of sp³-hybridized carbons (Fsp3) is 1.00. The van der Waals surface area contributed by atoms with Crippen molar-refractivity contribution in [3.05, 3.63) is 0 Å². The van der Waals surface area contributed by atoms with Gasteiger partial charge >= 0.3 is 0 Å². The standard InChI is InChI=1S/C10H21NO2/c1-9(2,12)6-10(7-11)4-3-5-13-8-10/h12H,3-8,11H2,1-2H3. The van der Waals surface area contributed by atoms with E-state index in [-0.39, 0.29) is 5.41 Å². The number of ether oxygens (including phenoxy) is 1. The maximum absolute atomic E-state index is 9.76. The van der Waals surface area contributed by atoms with Crippen molar-refractivity contribution in [1.82, 2.24) is 0 Å². The smallest absolute Gasteiger partial charge is 0.0598 e. The van der Waals surface area contributed by atoms with Crippen LogP contribution in [0.15, 0.2) is 0 Å². The van der Waals surface area contributed by atoms with Crippen molar-refractivity contribution in [2.45, 2.75) is 38.7 Å². The molecule has 1 saturated heterocycles. The van der Waals surface area contributed by atoms with Crippen molar-refractivity contribution < 1.29 is 9.84 Å². The number of rotatable bonds is 3. The normalized spacial score (nSPS) is 30.5. The van der Waals surface area contributed by atoms with Crippen molar-refractivity contribution in [2.24, 2.45) is 11.1 Å². The molecule has 3 nitrogen and oxygen atoms in total. The summed E-state index contributed by atoms with van der Waals surface area (Å²) in [7, 11) is 0. The van der Waals surface area contributed by atoms with E-state index in [0.717, 1.165) is 25.9 Å². The third-order valence-corrected chi connectivity index (χ3v) is 2.64. The summed E-state index contributed by atoms with van der Waals surface area (Å²) >= 11 is 0. The van der Waals surface area contributed by atoms with Gasteiger partial charge in [-0.05, 0) is 33.1 Å². The average Bonchev–Trinajstić information content (AvgIpc) is 2.03. The van der Waals surface area contributed by atoms with Gasteiger partial charge in [0.05, 0.1) is 12.2 Å². The Balaban J connectivity index is 2.57. The lowest BCUT2D eigenvalue weighted by Crippen LogP contribution is -2.43. The average molecular weight is 187 g/mol. The lowest BCUT2D eigenvalue weighted by atomic mass is 9.74. The number of hydrogen-bond donors (Lipinski definition) is 2. The van der Waals surface area contributed by atoms with E-state index < -0.39 is 5.60 Å². The van der Waals surface area contributed by atoms with Gasteiger partial charge in [0.15, 0.2) is 0 Å². The molecule has 13 heavy (non-hydrogen) atoms. The predicted octanol–water partition coefficient (Wildman–Crippen LogP) is 0.903. The van der Waals surface area contributed by atoms with Crippen molar-refractivity contribution in [1.29, 1.82) is 0 Å². The van der Waals surface area contributed by atoms with Gasteiger partial charge in [0.25, 0.3) is 0 Å². The van der Waals surface area contributed by atoms with Gasteiger partial charge in [-0.3, -0.25) is 0 Å². The van der Waals surface area contributed by atoms with Crippen molar-refractivity contribution in [3.8, 4) is 0 Å². The predicted molar refractivity (Wildman–Crippen MR) is 52.5 cm³/mol. The van der Waals surface area contributed by atoms with Crippen LogP contribution in [0.3, 0.4) is 0 Å². The maximum atomic E-state index is 9.76. The highest BCUT2D eigenvalue weighted by Crippen LogP contribution is 2.35. The van der Waals surface area contributed by atoms with E-state index in [9.17, 15) is 5.11 Å². The molecule has 1 rings (SSSR count). The molecule has 1 aliphatic heterocycles. The van der Waals surface area contributed by atoms with Crippen LogP contribution in [-0.2, 0) is 4.74 Å². The Kier molecular flexibility index (Phi) is 3.33. The molecule has 0 spiro atoms. The quantitative estimate of drug-likeness (QED) is 0.690. The van der Waals surface area contributed by atoms with E-state index in [0.29, 0.717) is 13.2 Å². The van der Waals surface area contributed by atoms with Gasteiger partial charge in [0.1, 0.15) is 0 Å².